The fourth-order valence-corrected chi connectivity index (χ4v) is 4.11. The molecule has 4 heterocycles. The summed E-state index contributed by atoms with van der Waals surface area (Å²) in [6, 6.07) is 14.0. The van der Waals surface area contributed by atoms with Gasteiger partial charge in [0, 0.05) is 44.5 Å². The van der Waals surface area contributed by atoms with E-state index >= 15 is 0 Å². The molecule has 0 aliphatic carbocycles. The number of piperazine rings is 1. The highest BCUT2D eigenvalue weighted by molar-refractivity contribution is 5.91. The van der Waals surface area contributed by atoms with Crippen LogP contribution in [0, 0.1) is 6.92 Å². The molecule has 0 N–H and O–H groups in total. The zero-order valence-corrected chi connectivity index (χ0v) is 16.4. The van der Waals surface area contributed by atoms with Gasteiger partial charge >= 0.3 is 0 Å². The summed E-state index contributed by atoms with van der Waals surface area (Å²) in [5.74, 6) is 2.96. The molecule has 1 saturated heterocycles. The molecule has 0 atom stereocenters. The number of fused-ring (bicyclic) bond motifs is 1. The monoisotopic (exact) mass is 389 g/mol. The van der Waals surface area contributed by atoms with Crippen LogP contribution < -0.4 is 9.80 Å². The van der Waals surface area contributed by atoms with E-state index in [9.17, 15) is 4.79 Å². The van der Waals surface area contributed by atoms with Crippen molar-refractivity contribution in [2.75, 3.05) is 42.5 Å². The number of carbonyl (C=O) groups excluding carboxylic acids is 1. The van der Waals surface area contributed by atoms with E-state index in [2.05, 4.69) is 45.1 Å². The number of aromatic nitrogens is 2. The average Bonchev–Trinajstić information content (AvgIpc) is 3.43. The Hall–Kier alpha value is -3.35. The SMILES string of the molecule is Cc1nc(N2CCN(C(=O)c3ccco3)CC2)cc(N2CCc3ccccc32)n1. The topological polar surface area (TPSA) is 65.7 Å². The van der Waals surface area contributed by atoms with Crippen LogP contribution in [0.15, 0.2) is 53.1 Å². The van der Waals surface area contributed by atoms with Crippen LogP contribution in [0.2, 0.25) is 0 Å². The van der Waals surface area contributed by atoms with E-state index in [-0.39, 0.29) is 5.91 Å². The summed E-state index contributed by atoms with van der Waals surface area (Å²) >= 11 is 0. The summed E-state index contributed by atoms with van der Waals surface area (Å²) in [5.41, 5.74) is 2.58. The highest BCUT2D eigenvalue weighted by Crippen LogP contribution is 2.34. The van der Waals surface area contributed by atoms with Crippen LogP contribution in [0.3, 0.4) is 0 Å². The summed E-state index contributed by atoms with van der Waals surface area (Å²) in [6.07, 6.45) is 2.56. The van der Waals surface area contributed by atoms with Crippen molar-refractivity contribution in [2.24, 2.45) is 0 Å². The van der Waals surface area contributed by atoms with Crippen LogP contribution in [0.1, 0.15) is 21.9 Å². The van der Waals surface area contributed by atoms with Crippen molar-refractivity contribution >= 4 is 23.2 Å². The van der Waals surface area contributed by atoms with Gasteiger partial charge in [0.15, 0.2) is 5.76 Å². The maximum Gasteiger partial charge on any atom is 0.289 e. The fraction of sp³-hybridized carbons (Fsp3) is 0.318. The number of hydrogen-bond acceptors (Lipinski definition) is 6. The highest BCUT2D eigenvalue weighted by atomic mass is 16.3. The van der Waals surface area contributed by atoms with Gasteiger partial charge < -0.3 is 19.1 Å². The van der Waals surface area contributed by atoms with Gasteiger partial charge in [-0.3, -0.25) is 4.79 Å². The minimum Gasteiger partial charge on any atom is -0.459 e. The van der Waals surface area contributed by atoms with Crippen molar-refractivity contribution < 1.29 is 9.21 Å². The van der Waals surface area contributed by atoms with Crippen LogP contribution in [-0.4, -0.2) is 53.5 Å². The van der Waals surface area contributed by atoms with Crippen molar-refractivity contribution in [3.8, 4) is 0 Å². The van der Waals surface area contributed by atoms with E-state index in [0.29, 0.717) is 18.8 Å². The number of hydrogen-bond donors (Lipinski definition) is 0. The van der Waals surface area contributed by atoms with Gasteiger partial charge in [-0.2, -0.15) is 0 Å². The Labute approximate surface area is 169 Å². The van der Waals surface area contributed by atoms with Gasteiger partial charge in [-0.1, -0.05) is 18.2 Å². The van der Waals surface area contributed by atoms with Crippen LogP contribution >= 0.6 is 0 Å². The number of aryl methyl sites for hydroxylation is 1. The second-order valence-electron chi connectivity index (χ2n) is 7.42. The molecule has 2 aliphatic heterocycles. The normalized spacial score (nSPS) is 16.2. The Morgan fingerprint density at radius 1 is 0.966 bits per heavy atom. The maximum atomic E-state index is 12.5. The Kier molecular flexibility index (Phi) is 4.42. The third-order valence-corrected chi connectivity index (χ3v) is 5.60. The van der Waals surface area contributed by atoms with Crippen LogP contribution in [0.4, 0.5) is 17.3 Å². The lowest BCUT2D eigenvalue weighted by atomic mass is 10.2. The van der Waals surface area contributed by atoms with E-state index in [1.807, 2.05) is 11.8 Å². The predicted molar refractivity (Wildman–Crippen MR) is 111 cm³/mol. The Bertz CT molecular complexity index is 1030. The molecule has 1 fully saturated rings. The van der Waals surface area contributed by atoms with E-state index in [1.165, 1.54) is 17.5 Å². The quantitative estimate of drug-likeness (QED) is 0.686. The first-order valence-electron chi connectivity index (χ1n) is 9.98. The Morgan fingerprint density at radius 2 is 1.76 bits per heavy atom. The lowest BCUT2D eigenvalue weighted by molar-refractivity contribution is 0.0714. The maximum absolute atomic E-state index is 12.5. The second kappa shape index (κ2) is 7.24. The van der Waals surface area contributed by atoms with E-state index in [0.717, 1.165) is 43.5 Å². The number of benzene rings is 1. The van der Waals surface area contributed by atoms with Crippen molar-refractivity contribution in [3.63, 3.8) is 0 Å². The number of nitrogens with zero attached hydrogens (tertiary/aromatic N) is 5. The third kappa shape index (κ3) is 3.33. The van der Waals surface area contributed by atoms with Crippen molar-refractivity contribution in [2.45, 2.75) is 13.3 Å². The Morgan fingerprint density at radius 3 is 2.55 bits per heavy atom. The number of amides is 1. The zero-order chi connectivity index (χ0) is 19.8. The molecule has 3 aromatic rings. The standard InChI is InChI=1S/C22H23N5O2/c1-16-23-20(15-21(24-16)27-9-8-17-5-2-3-6-18(17)27)25-10-12-26(13-11-25)22(28)19-7-4-14-29-19/h2-7,14-15H,8-13H2,1H3. The second-order valence-corrected chi connectivity index (χ2v) is 7.42. The molecule has 0 unspecified atom stereocenters. The summed E-state index contributed by atoms with van der Waals surface area (Å²) in [6.45, 7) is 5.62. The number of para-hydroxylation sites is 1. The minimum atomic E-state index is -0.0529. The Balaban J connectivity index is 1.33. The molecule has 1 amide bonds. The van der Waals surface area contributed by atoms with Gasteiger partial charge in [-0.05, 0) is 37.1 Å². The minimum absolute atomic E-state index is 0.0529. The first-order valence-corrected chi connectivity index (χ1v) is 9.98. The van der Waals surface area contributed by atoms with E-state index < -0.39 is 0 Å². The molecule has 29 heavy (non-hydrogen) atoms. The third-order valence-electron chi connectivity index (χ3n) is 5.60. The highest BCUT2D eigenvalue weighted by Gasteiger charge is 2.26. The molecule has 0 saturated carbocycles. The van der Waals surface area contributed by atoms with Crippen LogP contribution in [0.25, 0.3) is 0 Å². The van der Waals surface area contributed by atoms with Gasteiger partial charge in [0.25, 0.3) is 5.91 Å². The largest absolute Gasteiger partial charge is 0.459 e. The average molecular weight is 389 g/mol. The van der Waals surface area contributed by atoms with Gasteiger partial charge in [0.1, 0.15) is 17.5 Å². The first kappa shape index (κ1) is 17.7. The van der Waals surface area contributed by atoms with Crippen LogP contribution in [-0.2, 0) is 6.42 Å². The smallest absolute Gasteiger partial charge is 0.289 e. The molecule has 0 radical (unpaired) electrons. The first-order chi connectivity index (χ1) is 14.2. The summed E-state index contributed by atoms with van der Waals surface area (Å²) in [5, 5.41) is 0. The van der Waals surface area contributed by atoms with Crippen molar-refractivity contribution in [1.29, 1.82) is 0 Å². The molecule has 7 heteroatoms. The zero-order valence-electron chi connectivity index (χ0n) is 16.4. The molecule has 0 bridgehead atoms. The summed E-state index contributed by atoms with van der Waals surface area (Å²) < 4.78 is 5.25. The predicted octanol–water partition coefficient (Wildman–Crippen LogP) is 3.03. The van der Waals surface area contributed by atoms with Gasteiger partial charge in [0.05, 0.1) is 6.26 Å². The molecule has 2 aliphatic rings. The molecule has 0 spiro atoms. The molecule has 148 valence electrons. The summed E-state index contributed by atoms with van der Waals surface area (Å²) in [4.78, 5) is 28.2. The molecular weight excluding hydrogens is 366 g/mol. The van der Waals surface area contributed by atoms with E-state index in [1.54, 1.807) is 12.1 Å². The summed E-state index contributed by atoms with van der Waals surface area (Å²) in [7, 11) is 0. The fourth-order valence-electron chi connectivity index (χ4n) is 4.11. The molecular formula is C22H23N5O2. The molecule has 2 aromatic heterocycles. The number of carbonyl (C=O) groups is 1. The van der Waals surface area contributed by atoms with Crippen molar-refractivity contribution in [3.05, 3.63) is 65.9 Å². The van der Waals surface area contributed by atoms with Gasteiger partial charge in [-0.15, -0.1) is 0 Å². The number of rotatable bonds is 3. The molecule has 1 aromatic carbocycles. The molecule has 7 nitrogen and oxygen atoms in total. The molecule has 5 rings (SSSR count). The lowest BCUT2D eigenvalue weighted by Gasteiger charge is -2.35. The van der Waals surface area contributed by atoms with Crippen molar-refractivity contribution in [1.82, 2.24) is 14.9 Å². The van der Waals surface area contributed by atoms with E-state index in [4.69, 9.17) is 9.40 Å². The van der Waals surface area contributed by atoms with Crippen LogP contribution in [0.5, 0.6) is 0 Å². The van der Waals surface area contributed by atoms with Gasteiger partial charge in [-0.25, -0.2) is 9.97 Å². The number of furan rings is 1. The number of anilines is 3. The van der Waals surface area contributed by atoms with Gasteiger partial charge in [0.2, 0.25) is 0 Å². The lowest BCUT2D eigenvalue weighted by Crippen LogP contribution is -2.49.